The SMILES string of the molecule is CCN(CC(C)(C)O)S(=O)(=O)c1cccc(C(C)NC)c1. The van der Waals surface area contributed by atoms with E-state index in [9.17, 15) is 13.5 Å². The molecular formula is C15H26N2O3S. The molecule has 1 unspecified atom stereocenters. The van der Waals surface area contributed by atoms with Crippen molar-refractivity contribution in [2.75, 3.05) is 20.1 Å². The summed E-state index contributed by atoms with van der Waals surface area (Å²) in [7, 11) is -1.77. The maximum atomic E-state index is 12.7. The van der Waals surface area contributed by atoms with Crippen molar-refractivity contribution in [3.63, 3.8) is 0 Å². The van der Waals surface area contributed by atoms with Gasteiger partial charge in [0.1, 0.15) is 0 Å². The van der Waals surface area contributed by atoms with Crippen LogP contribution in [0.3, 0.4) is 0 Å². The molecule has 0 heterocycles. The fraction of sp³-hybridized carbons (Fsp3) is 0.600. The first kappa shape index (κ1) is 18.1. The van der Waals surface area contributed by atoms with Crippen LogP contribution in [0.1, 0.15) is 39.3 Å². The van der Waals surface area contributed by atoms with Gasteiger partial charge in [-0.15, -0.1) is 0 Å². The maximum absolute atomic E-state index is 12.7. The van der Waals surface area contributed by atoms with Crippen LogP contribution < -0.4 is 5.32 Å². The van der Waals surface area contributed by atoms with Gasteiger partial charge < -0.3 is 10.4 Å². The third-order valence-corrected chi connectivity index (χ3v) is 5.26. The van der Waals surface area contributed by atoms with Crippen LogP contribution >= 0.6 is 0 Å². The number of nitrogens with zero attached hydrogens (tertiary/aromatic N) is 1. The standard InChI is InChI=1S/C15H26N2O3S/c1-6-17(11-15(3,4)18)21(19,20)14-9-7-8-13(10-14)12(2)16-5/h7-10,12,16,18H,6,11H2,1-5H3. The molecule has 2 N–H and O–H groups in total. The topological polar surface area (TPSA) is 69.6 Å². The summed E-state index contributed by atoms with van der Waals surface area (Å²) in [4.78, 5) is 0.258. The highest BCUT2D eigenvalue weighted by molar-refractivity contribution is 7.89. The van der Waals surface area contributed by atoms with Crippen LogP contribution in [0.2, 0.25) is 0 Å². The van der Waals surface area contributed by atoms with Gasteiger partial charge in [0.05, 0.1) is 10.5 Å². The van der Waals surface area contributed by atoms with Crippen LogP contribution in [-0.2, 0) is 10.0 Å². The molecular weight excluding hydrogens is 288 g/mol. The second kappa shape index (κ2) is 6.87. The van der Waals surface area contributed by atoms with Gasteiger partial charge in [0.2, 0.25) is 10.0 Å². The lowest BCUT2D eigenvalue weighted by Crippen LogP contribution is -2.42. The summed E-state index contributed by atoms with van der Waals surface area (Å²) in [5.41, 5.74) is -0.156. The monoisotopic (exact) mass is 314 g/mol. The fourth-order valence-electron chi connectivity index (χ4n) is 2.06. The Kier molecular flexibility index (Phi) is 5.92. The first-order chi connectivity index (χ1) is 9.61. The van der Waals surface area contributed by atoms with E-state index in [0.717, 1.165) is 5.56 Å². The van der Waals surface area contributed by atoms with Crippen LogP contribution in [0.25, 0.3) is 0 Å². The summed E-state index contributed by atoms with van der Waals surface area (Å²) in [5.74, 6) is 0. The van der Waals surface area contributed by atoms with E-state index in [0.29, 0.717) is 6.54 Å². The molecule has 0 saturated heterocycles. The Bertz CT molecular complexity index is 565. The molecule has 0 spiro atoms. The van der Waals surface area contributed by atoms with Crippen molar-refractivity contribution in [1.29, 1.82) is 0 Å². The van der Waals surface area contributed by atoms with Gasteiger partial charge in [-0.3, -0.25) is 0 Å². The van der Waals surface area contributed by atoms with Crippen molar-refractivity contribution in [2.45, 2.75) is 44.2 Å². The lowest BCUT2D eigenvalue weighted by molar-refractivity contribution is 0.0601. The van der Waals surface area contributed by atoms with Gasteiger partial charge in [-0.05, 0) is 45.5 Å². The summed E-state index contributed by atoms with van der Waals surface area (Å²) in [6.07, 6.45) is 0. The van der Waals surface area contributed by atoms with Crippen LogP contribution in [0.5, 0.6) is 0 Å². The second-order valence-corrected chi connectivity index (χ2v) is 7.76. The number of nitrogens with one attached hydrogen (secondary N) is 1. The summed E-state index contributed by atoms with van der Waals surface area (Å²) < 4.78 is 26.7. The molecule has 0 fully saturated rings. The molecule has 1 rings (SSSR count). The molecule has 0 amide bonds. The quantitative estimate of drug-likeness (QED) is 0.804. The highest BCUT2D eigenvalue weighted by Gasteiger charge is 2.28. The summed E-state index contributed by atoms with van der Waals surface area (Å²) in [6, 6.07) is 6.99. The molecule has 0 aromatic heterocycles. The van der Waals surface area contributed by atoms with E-state index in [-0.39, 0.29) is 17.5 Å². The van der Waals surface area contributed by atoms with Gasteiger partial charge in [0.25, 0.3) is 0 Å². The number of sulfonamides is 1. The zero-order valence-corrected chi connectivity index (χ0v) is 14.2. The number of hydrogen-bond acceptors (Lipinski definition) is 4. The largest absolute Gasteiger partial charge is 0.389 e. The number of aliphatic hydroxyl groups is 1. The molecule has 21 heavy (non-hydrogen) atoms. The van der Waals surface area contributed by atoms with Gasteiger partial charge in [-0.25, -0.2) is 8.42 Å². The molecule has 0 radical (unpaired) electrons. The minimum atomic E-state index is -3.60. The van der Waals surface area contributed by atoms with Crippen LogP contribution in [0, 0.1) is 0 Å². The Balaban J connectivity index is 3.17. The van der Waals surface area contributed by atoms with E-state index in [2.05, 4.69) is 5.32 Å². The minimum Gasteiger partial charge on any atom is -0.389 e. The first-order valence-corrected chi connectivity index (χ1v) is 8.55. The Hall–Kier alpha value is -0.950. The number of rotatable bonds is 7. The van der Waals surface area contributed by atoms with Crippen molar-refractivity contribution in [3.05, 3.63) is 29.8 Å². The van der Waals surface area contributed by atoms with Crippen LogP contribution in [0.15, 0.2) is 29.2 Å². The molecule has 120 valence electrons. The third-order valence-electron chi connectivity index (χ3n) is 3.34. The van der Waals surface area contributed by atoms with E-state index >= 15 is 0 Å². The highest BCUT2D eigenvalue weighted by atomic mass is 32.2. The molecule has 1 aromatic rings. The van der Waals surface area contributed by atoms with E-state index in [4.69, 9.17) is 0 Å². The predicted octanol–water partition coefficient (Wildman–Crippen LogP) is 1.75. The van der Waals surface area contributed by atoms with Crippen molar-refractivity contribution in [3.8, 4) is 0 Å². The number of hydrogen-bond donors (Lipinski definition) is 2. The first-order valence-electron chi connectivity index (χ1n) is 7.11. The summed E-state index contributed by atoms with van der Waals surface area (Å²) >= 11 is 0. The molecule has 6 heteroatoms. The Labute approximate surface area is 128 Å². The van der Waals surface area contributed by atoms with Gasteiger partial charge in [-0.1, -0.05) is 19.1 Å². The van der Waals surface area contributed by atoms with E-state index in [1.807, 2.05) is 20.0 Å². The highest BCUT2D eigenvalue weighted by Crippen LogP contribution is 2.21. The van der Waals surface area contributed by atoms with Gasteiger partial charge in [-0.2, -0.15) is 4.31 Å². The Morgan fingerprint density at radius 2 is 2.00 bits per heavy atom. The fourth-order valence-corrected chi connectivity index (χ4v) is 3.72. The third kappa shape index (κ3) is 4.78. The molecule has 1 atom stereocenters. The van der Waals surface area contributed by atoms with E-state index in [1.54, 1.807) is 39.0 Å². The van der Waals surface area contributed by atoms with Crippen LogP contribution in [-0.4, -0.2) is 43.6 Å². The van der Waals surface area contributed by atoms with Crippen molar-refractivity contribution in [2.24, 2.45) is 0 Å². The summed E-state index contributed by atoms with van der Waals surface area (Å²) in [5, 5.41) is 13.0. The Morgan fingerprint density at radius 3 is 2.48 bits per heavy atom. The molecule has 0 aliphatic rings. The smallest absolute Gasteiger partial charge is 0.243 e. The maximum Gasteiger partial charge on any atom is 0.243 e. The van der Waals surface area contributed by atoms with E-state index in [1.165, 1.54) is 4.31 Å². The lowest BCUT2D eigenvalue weighted by atomic mass is 10.1. The predicted molar refractivity (Wildman–Crippen MR) is 84.6 cm³/mol. The normalized spacial score (nSPS) is 14.4. The molecule has 0 aliphatic carbocycles. The zero-order valence-electron chi connectivity index (χ0n) is 13.4. The van der Waals surface area contributed by atoms with Gasteiger partial charge >= 0.3 is 0 Å². The molecule has 1 aromatic carbocycles. The molecule has 0 aliphatic heterocycles. The lowest BCUT2D eigenvalue weighted by Gasteiger charge is -2.27. The molecule has 0 bridgehead atoms. The second-order valence-electron chi connectivity index (χ2n) is 5.83. The number of likely N-dealkylation sites (N-methyl/N-ethyl adjacent to an activating group) is 1. The van der Waals surface area contributed by atoms with Crippen molar-refractivity contribution in [1.82, 2.24) is 9.62 Å². The average molecular weight is 314 g/mol. The van der Waals surface area contributed by atoms with Crippen molar-refractivity contribution >= 4 is 10.0 Å². The summed E-state index contributed by atoms with van der Waals surface area (Å²) in [6.45, 7) is 7.33. The minimum absolute atomic E-state index is 0.0671. The van der Waals surface area contributed by atoms with Crippen LogP contribution in [0.4, 0.5) is 0 Å². The van der Waals surface area contributed by atoms with E-state index < -0.39 is 15.6 Å². The van der Waals surface area contributed by atoms with Crippen molar-refractivity contribution < 1.29 is 13.5 Å². The molecule has 0 saturated carbocycles. The number of benzene rings is 1. The average Bonchev–Trinajstić information content (AvgIpc) is 2.42. The zero-order chi connectivity index (χ0) is 16.3. The van der Waals surface area contributed by atoms with Gasteiger partial charge in [0, 0.05) is 19.1 Å². The van der Waals surface area contributed by atoms with Gasteiger partial charge in [0.15, 0.2) is 0 Å². The Morgan fingerprint density at radius 1 is 1.38 bits per heavy atom. The molecule has 5 nitrogen and oxygen atoms in total.